The number of nitrogens with one attached hydrogen (secondary N) is 3. The van der Waals surface area contributed by atoms with E-state index in [9.17, 15) is 9.59 Å². The van der Waals surface area contributed by atoms with Crippen LogP contribution in [0, 0.1) is 19.8 Å². The summed E-state index contributed by atoms with van der Waals surface area (Å²) in [6.07, 6.45) is -0.372. The van der Waals surface area contributed by atoms with Gasteiger partial charge in [-0.05, 0) is 31.5 Å². The van der Waals surface area contributed by atoms with Crippen LogP contribution in [-0.4, -0.2) is 40.6 Å². The number of hydrogen-bond acceptors (Lipinski definition) is 8. The highest BCUT2D eigenvalue weighted by atomic mass is 35.5. The third-order valence-electron chi connectivity index (χ3n) is 4.57. The number of rotatable bonds is 4. The number of anilines is 2. The lowest BCUT2D eigenvalue weighted by molar-refractivity contribution is -0.121. The van der Waals surface area contributed by atoms with Crippen molar-refractivity contribution in [3.05, 3.63) is 40.6 Å². The van der Waals surface area contributed by atoms with E-state index in [4.69, 9.17) is 16.1 Å². The van der Waals surface area contributed by atoms with Gasteiger partial charge in [0.1, 0.15) is 11.9 Å². The lowest BCUT2D eigenvalue weighted by Crippen LogP contribution is -2.49. The fourth-order valence-corrected chi connectivity index (χ4v) is 4.08. The summed E-state index contributed by atoms with van der Waals surface area (Å²) in [5.41, 5.74) is 7.50. The molecular weight excluding hydrogens is 416 g/mol. The quantitative estimate of drug-likeness (QED) is 0.675. The number of carbonyl (C=O) groups excluding carboxylic acids is 2. The van der Waals surface area contributed by atoms with Gasteiger partial charge >= 0.3 is 0 Å². The van der Waals surface area contributed by atoms with Crippen molar-refractivity contribution in [2.45, 2.75) is 20.0 Å². The molecular formula is C18H19ClN6O3S. The van der Waals surface area contributed by atoms with Gasteiger partial charge in [-0.3, -0.25) is 19.9 Å². The number of benzene rings is 1. The SMILES string of the molecule is Cc1cc(NC(=O)CSC2=NC3NNCC3C(=O)N2c2ccc(C)c(Cl)c2)no1. The van der Waals surface area contributed by atoms with Crippen molar-refractivity contribution in [3.8, 4) is 0 Å². The van der Waals surface area contributed by atoms with Gasteiger partial charge in [0.2, 0.25) is 11.8 Å². The molecule has 2 aromatic rings. The summed E-state index contributed by atoms with van der Waals surface area (Å²) in [4.78, 5) is 31.6. The van der Waals surface area contributed by atoms with Crippen molar-refractivity contribution in [2.24, 2.45) is 10.9 Å². The van der Waals surface area contributed by atoms with Gasteiger partial charge in [0.15, 0.2) is 11.0 Å². The molecule has 2 aliphatic heterocycles. The molecule has 0 radical (unpaired) electrons. The zero-order chi connectivity index (χ0) is 20.5. The van der Waals surface area contributed by atoms with E-state index < -0.39 is 0 Å². The van der Waals surface area contributed by atoms with E-state index in [2.05, 4.69) is 26.3 Å². The second-order valence-electron chi connectivity index (χ2n) is 6.76. The van der Waals surface area contributed by atoms with E-state index in [0.717, 1.165) is 5.56 Å². The van der Waals surface area contributed by atoms with Crippen LogP contribution in [-0.2, 0) is 9.59 Å². The molecule has 1 saturated heterocycles. The van der Waals surface area contributed by atoms with Gasteiger partial charge in [-0.15, -0.1) is 0 Å². The first-order valence-corrected chi connectivity index (χ1v) is 10.3. The molecule has 0 spiro atoms. The Kier molecular flexibility index (Phi) is 5.59. The number of aliphatic imine (C=N–C) groups is 1. The van der Waals surface area contributed by atoms with Gasteiger partial charge in [0.05, 0.1) is 17.4 Å². The summed E-state index contributed by atoms with van der Waals surface area (Å²) in [5, 5.41) is 7.39. The van der Waals surface area contributed by atoms with Crippen molar-refractivity contribution < 1.29 is 14.1 Å². The Morgan fingerprint density at radius 1 is 1.41 bits per heavy atom. The minimum atomic E-state index is -0.372. The molecule has 2 unspecified atom stereocenters. The van der Waals surface area contributed by atoms with E-state index in [1.54, 1.807) is 19.1 Å². The van der Waals surface area contributed by atoms with Crippen molar-refractivity contribution in [1.29, 1.82) is 0 Å². The summed E-state index contributed by atoms with van der Waals surface area (Å²) in [5.74, 6) is 0.296. The number of aromatic nitrogens is 1. The largest absolute Gasteiger partial charge is 0.360 e. The first-order chi connectivity index (χ1) is 13.9. The minimum absolute atomic E-state index is 0.0545. The number of halogens is 1. The Bertz CT molecular complexity index is 994. The molecule has 0 bridgehead atoms. The van der Waals surface area contributed by atoms with Crippen LogP contribution in [0.15, 0.2) is 33.8 Å². The Balaban J connectivity index is 1.55. The Morgan fingerprint density at radius 2 is 2.24 bits per heavy atom. The number of amidine groups is 1. The highest BCUT2D eigenvalue weighted by molar-refractivity contribution is 8.14. The minimum Gasteiger partial charge on any atom is -0.360 e. The molecule has 0 aliphatic carbocycles. The number of fused-ring (bicyclic) bond motifs is 1. The van der Waals surface area contributed by atoms with Crippen LogP contribution in [0.3, 0.4) is 0 Å². The second kappa shape index (κ2) is 8.15. The number of thioether (sulfide) groups is 1. The fraction of sp³-hybridized carbons (Fsp3) is 0.333. The van der Waals surface area contributed by atoms with E-state index in [1.807, 2.05) is 19.1 Å². The molecule has 4 rings (SSSR count). The van der Waals surface area contributed by atoms with E-state index in [0.29, 0.717) is 34.0 Å². The molecule has 1 aromatic heterocycles. The lowest BCUT2D eigenvalue weighted by atomic mass is 10.0. The number of hydrogen-bond donors (Lipinski definition) is 3. The zero-order valence-corrected chi connectivity index (χ0v) is 17.3. The lowest BCUT2D eigenvalue weighted by Gasteiger charge is -2.32. The highest BCUT2D eigenvalue weighted by Gasteiger charge is 2.42. The molecule has 2 aliphatic rings. The van der Waals surface area contributed by atoms with Gasteiger partial charge in [0, 0.05) is 17.6 Å². The molecule has 0 saturated carbocycles. The maximum absolute atomic E-state index is 13.1. The maximum Gasteiger partial charge on any atom is 0.241 e. The molecule has 11 heteroatoms. The second-order valence-corrected chi connectivity index (χ2v) is 8.10. The van der Waals surface area contributed by atoms with E-state index in [1.165, 1.54) is 16.7 Å². The van der Waals surface area contributed by atoms with Crippen LogP contribution in [0.4, 0.5) is 11.5 Å². The van der Waals surface area contributed by atoms with Crippen LogP contribution in [0.2, 0.25) is 5.02 Å². The number of carbonyl (C=O) groups is 2. The standard InChI is InChI=1S/C18H19ClN6O3S/c1-9-3-4-11(6-13(9)19)25-17(27)12-7-20-23-16(12)22-18(25)29-8-15(26)21-14-5-10(2)28-24-14/h3-6,12,16,20,23H,7-8H2,1-2H3,(H,21,24,26). The Hall–Kier alpha value is -2.40. The number of aryl methyl sites for hydroxylation is 2. The molecule has 3 heterocycles. The van der Waals surface area contributed by atoms with Gasteiger partial charge in [0.25, 0.3) is 0 Å². The number of nitrogens with zero attached hydrogens (tertiary/aromatic N) is 3. The molecule has 29 heavy (non-hydrogen) atoms. The summed E-state index contributed by atoms with van der Waals surface area (Å²) < 4.78 is 4.94. The first-order valence-electron chi connectivity index (χ1n) is 8.94. The van der Waals surface area contributed by atoms with Gasteiger partial charge in [-0.2, -0.15) is 0 Å². The summed E-state index contributed by atoms with van der Waals surface area (Å²) in [7, 11) is 0. The molecule has 2 amide bonds. The van der Waals surface area contributed by atoms with Gasteiger partial charge in [-0.1, -0.05) is 34.6 Å². The van der Waals surface area contributed by atoms with Crippen LogP contribution in [0.25, 0.3) is 0 Å². The van der Waals surface area contributed by atoms with Crippen LogP contribution >= 0.6 is 23.4 Å². The highest BCUT2D eigenvalue weighted by Crippen LogP contribution is 2.31. The molecule has 152 valence electrons. The molecule has 1 fully saturated rings. The van der Waals surface area contributed by atoms with E-state index in [-0.39, 0.29) is 29.7 Å². The summed E-state index contributed by atoms with van der Waals surface area (Å²) in [6, 6.07) is 7.04. The molecule has 2 atom stereocenters. The van der Waals surface area contributed by atoms with Crippen molar-refractivity contribution >= 4 is 51.9 Å². The topological polar surface area (TPSA) is 112 Å². The van der Waals surface area contributed by atoms with Crippen molar-refractivity contribution in [1.82, 2.24) is 16.0 Å². The smallest absolute Gasteiger partial charge is 0.241 e. The predicted octanol–water partition coefficient (Wildman–Crippen LogP) is 2.07. The normalized spacial score (nSPS) is 21.1. The Labute approximate surface area is 176 Å². The zero-order valence-electron chi connectivity index (χ0n) is 15.7. The van der Waals surface area contributed by atoms with Crippen LogP contribution < -0.4 is 21.1 Å². The fourth-order valence-electron chi connectivity index (χ4n) is 3.06. The third-order valence-corrected chi connectivity index (χ3v) is 5.93. The Morgan fingerprint density at radius 3 is 2.97 bits per heavy atom. The molecule has 3 N–H and O–H groups in total. The van der Waals surface area contributed by atoms with Crippen LogP contribution in [0.1, 0.15) is 11.3 Å². The van der Waals surface area contributed by atoms with Gasteiger partial charge < -0.3 is 9.84 Å². The first kappa shape index (κ1) is 19.9. The monoisotopic (exact) mass is 434 g/mol. The van der Waals surface area contributed by atoms with Crippen LogP contribution in [0.5, 0.6) is 0 Å². The maximum atomic E-state index is 13.1. The number of amides is 2. The van der Waals surface area contributed by atoms with Crippen molar-refractivity contribution in [2.75, 3.05) is 22.5 Å². The number of hydrazine groups is 1. The molecule has 9 nitrogen and oxygen atoms in total. The average Bonchev–Trinajstić information content (AvgIpc) is 3.31. The van der Waals surface area contributed by atoms with Crippen molar-refractivity contribution in [3.63, 3.8) is 0 Å². The predicted molar refractivity (Wildman–Crippen MR) is 112 cm³/mol. The summed E-state index contributed by atoms with van der Waals surface area (Å²) in [6.45, 7) is 4.11. The molecule has 1 aromatic carbocycles. The third kappa shape index (κ3) is 4.15. The van der Waals surface area contributed by atoms with Gasteiger partial charge in [-0.25, -0.2) is 10.4 Å². The van der Waals surface area contributed by atoms with E-state index >= 15 is 0 Å². The average molecular weight is 435 g/mol. The summed E-state index contributed by atoms with van der Waals surface area (Å²) >= 11 is 7.44.